The quantitative estimate of drug-likeness (QED) is 0.254. The zero-order chi connectivity index (χ0) is 28.3. The zero-order valence-electron chi connectivity index (χ0n) is 21.4. The van der Waals surface area contributed by atoms with Crippen LogP contribution in [0.5, 0.6) is 11.5 Å². The van der Waals surface area contributed by atoms with Gasteiger partial charge in [-0.2, -0.15) is 5.10 Å². The molecule has 1 aromatic heterocycles. The van der Waals surface area contributed by atoms with E-state index in [1.54, 1.807) is 42.6 Å². The number of nitrogens with zero attached hydrogens (tertiary/aromatic N) is 2. The van der Waals surface area contributed by atoms with Crippen LogP contribution in [0.1, 0.15) is 35.6 Å². The van der Waals surface area contributed by atoms with E-state index in [1.807, 2.05) is 6.07 Å². The topological polar surface area (TPSA) is 112 Å². The van der Waals surface area contributed by atoms with Gasteiger partial charge in [-0.15, -0.1) is 0 Å². The van der Waals surface area contributed by atoms with Crippen LogP contribution in [0.3, 0.4) is 0 Å². The monoisotopic (exact) mass is 584 g/mol. The van der Waals surface area contributed by atoms with Crippen molar-refractivity contribution in [3.63, 3.8) is 0 Å². The van der Waals surface area contributed by atoms with E-state index in [2.05, 4.69) is 15.1 Å². The first-order valence-corrected chi connectivity index (χ1v) is 14.2. The number of anilines is 1. The van der Waals surface area contributed by atoms with Crippen LogP contribution in [0.25, 0.3) is 5.69 Å². The minimum Gasteiger partial charge on any atom is -0.496 e. The number of amides is 1. The van der Waals surface area contributed by atoms with Crippen molar-refractivity contribution in [3.8, 4) is 17.2 Å². The second-order valence-corrected chi connectivity index (χ2v) is 11.2. The molecule has 0 bridgehead atoms. The Morgan fingerprint density at radius 2 is 1.90 bits per heavy atom. The Balaban J connectivity index is 1.44. The number of halogens is 2. The van der Waals surface area contributed by atoms with Crippen molar-refractivity contribution in [1.29, 1.82) is 0 Å². The third-order valence-electron chi connectivity index (χ3n) is 6.49. The summed E-state index contributed by atoms with van der Waals surface area (Å²) in [5, 5.41) is 7.26. The summed E-state index contributed by atoms with van der Waals surface area (Å²) < 4.78 is 55.5. The fourth-order valence-corrected chi connectivity index (χ4v) is 5.57. The van der Waals surface area contributed by atoms with Gasteiger partial charge in [-0.25, -0.2) is 22.2 Å². The number of benzene rings is 3. The molecule has 0 aliphatic heterocycles. The maximum absolute atomic E-state index is 14.0. The van der Waals surface area contributed by atoms with Crippen molar-refractivity contribution >= 4 is 33.5 Å². The van der Waals surface area contributed by atoms with Gasteiger partial charge in [0.25, 0.3) is 0 Å². The largest absolute Gasteiger partial charge is 0.496 e. The molecule has 2 N–H and O–H groups in total. The summed E-state index contributed by atoms with van der Waals surface area (Å²) in [6, 6.07) is 17.1. The molecule has 0 atom stereocenters. The fourth-order valence-electron chi connectivity index (χ4n) is 4.25. The number of aromatic nitrogens is 2. The van der Waals surface area contributed by atoms with Gasteiger partial charge in [-0.05, 0) is 54.8 Å². The Hall–Kier alpha value is -3.93. The Morgan fingerprint density at radius 3 is 2.62 bits per heavy atom. The number of rotatable bonds is 11. The molecule has 0 saturated heterocycles. The van der Waals surface area contributed by atoms with E-state index >= 15 is 0 Å². The molecule has 1 amide bonds. The zero-order valence-corrected chi connectivity index (χ0v) is 23.0. The van der Waals surface area contributed by atoms with Crippen LogP contribution in [-0.2, 0) is 27.8 Å². The number of ether oxygens (including phenoxy) is 1. The van der Waals surface area contributed by atoms with Crippen molar-refractivity contribution in [1.82, 2.24) is 14.5 Å². The van der Waals surface area contributed by atoms with Crippen LogP contribution in [0, 0.1) is 5.82 Å². The molecule has 0 unspecified atom stereocenters. The number of hydrogen-bond acceptors (Lipinski definition) is 6. The predicted molar refractivity (Wildman–Crippen MR) is 148 cm³/mol. The van der Waals surface area contributed by atoms with E-state index in [4.69, 9.17) is 20.9 Å². The third kappa shape index (κ3) is 6.27. The molecule has 0 radical (unpaired) electrons. The molecule has 9 nitrogen and oxygen atoms in total. The van der Waals surface area contributed by atoms with E-state index < -0.39 is 21.7 Å². The number of carbonyl (C=O) groups is 1. The molecule has 12 heteroatoms. The molecule has 5 rings (SSSR count). The van der Waals surface area contributed by atoms with E-state index in [0.717, 1.165) is 18.5 Å². The average Bonchev–Trinajstić information content (AvgIpc) is 3.69. The standard InChI is InChI=1S/C28H26ClFN4O5S/c1-38-26-16-22(39-29)10-8-20(26)17-31-40(36,37)27-15-21(32-28(35)14-19-4-2-3-5-23(19)30)9-11-25(27)34-13-12-24(33-34)18-6-7-18/h2-5,8-13,15-16,18,31H,6-7,14,17H2,1H3,(H,32,35). The lowest BCUT2D eigenvalue weighted by atomic mass is 10.1. The van der Waals surface area contributed by atoms with Crippen LogP contribution in [-0.4, -0.2) is 31.2 Å². The van der Waals surface area contributed by atoms with Crippen molar-refractivity contribution in [2.24, 2.45) is 0 Å². The Labute approximate surface area is 236 Å². The van der Waals surface area contributed by atoms with Crippen LogP contribution in [0.4, 0.5) is 10.1 Å². The molecule has 1 fully saturated rings. The number of carbonyl (C=O) groups excluding carboxylic acids is 1. The number of hydrogen-bond donors (Lipinski definition) is 2. The van der Waals surface area contributed by atoms with Crippen LogP contribution >= 0.6 is 11.9 Å². The van der Waals surface area contributed by atoms with Gasteiger partial charge in [-0.3, -0.25) is 4.79 Å². The summed E-state index contributed by atoms with van der Waals surface area (Å²) in [5.74, 6) is 0.124. The van der Waals surface area contributed by atoms with Crippen LogP contribution in [0.2, 0.25) is 0 Å². The highest BCUT2D eigenvalue weighted by atomic mass is 35.5. The molecular weight excluding hydrogens is 559 g/mol. The molecule has 3 aromatic carbocycles. The first kappa shape index (κ1) is 27.6. The summed E-state index contributed by atoms with van der Waals surface area (Å²) in [4.78, 5) is 12.6. The van der Waals surface area contributed by atoms with Crippen molar-refractivity contribution in [2.45, 2.75) is 36.6 Å². The normalized spacial score (nSPS) is 13.2. The average molecular weight is 585 g/mol. The number of nitrogens with one attached hydrogen (secondary N) is 2. The summed E-state index contributed by atoms with van der Waals surface area (Å²) in [6.07, 6.45) is 3.60. The summed E-state index contributed by atoms with van der Waals surface area (Å²) >= 11 is 5.42. The van der Waals surface area contributed by atoms with Gasteiger partial charge in [0, 0.05) is 36.0 Å². The first-order valence-electron chi connectivity index (χ1n) is 12.5. The lowest BCUT2D eigenvalue weighted by molar-refractivity contribution is -0.115. The first-order chi connectivity index (χ1) is 19.3. The van der Waals surface area contributed by atoms with Crippen LogP contribution in [0.15, 0.2) is 77.8 Å². The third-order valence-corrected chi connectivity index (χ3v) is 8.10. The highest BCUT2D eigenvalue weighted by Gasteiger charge is 2.27. The molecule has 4 aromatic rings. The van der Waals surface area contributed by atoms with Gasteiger partial charge in [0.15, 0.2) is 0 Å². The fraction of sp³-hybridized carbons (Fsp3) is 0.214. The van der Waals surface area contributed by atoms with Gasteiger partial charge >= 0.3 is 0 Å². The summed E-state index contributed by atoms with van der Waals surface area (Å²) in [6.45, 7) is -0.0934. The number of sulfonamides is 1. The lowest BCUT2D eigenvalue weighted by Gasteiger charge is -2.15. The molecule has 1 heterocycles. The van der Waals surface area contributed by atoms with E-state index in [1.165, 1.54) is 36.1 Å². The van der Waals surface area contributed by atoms with E-state index in [-0.39, 0.29) is 29.1 Å². The van der Waals surface area contributed by atoms with Crippen LogP contribution < -0.4 is 19.1 Å². The van der Waals surface area contributed by atoms with E-state index in [9.17, 15) is 17.6 Å². The smallest absolute Gasteiger partial charge is 0.243 e. The molecule has 0 spiro atoms. The molecule has 1 saturated carbocycles. The predicted octanol–water partition coefficient (Wildman–Crippen LogP) is 5.09. The van der Waals surface area contributed by atoms with Gasteiger partial charge < -0.3 is 14.3 Å². The Morgan fingerprint density at radius 1 is 1.10 bits per heavy atom. The van der Waals surface area contributed by atoms with Gasteiger partial charge in [0.1, 0.15) is 34.1 Å². The SMILES string of the molecule is COc1cc(OCl)ccc1CNS(=O)(=O)c1cc(NC(=O)Cc2ccccc2F)ccc1-n1ccc(C2CC2)n1. The molecular formula is C28H26ClFN4O5S. The van der Waals surface area contributed by atoms with Gasteiger partial charge in [0.05, 0.1) is 24.9 Å². The van der Waals surface area contributed by atoms with Crippen molar-refractivity contribution in [3.05, 3.63) is 95.6 Å². The minimum atomic E-state index is -4.13. The van der Waals surface area contributed by atoms with Crippen molar-refractivity contribution in [2.75, 3.05) is 12.4 Å². The maximum atomic E-state index is 14.0. The summed E-state index contributed by atoms with van der Waals surface area (Å²) in [5.41, 5.74) is 2.22. The molecule has 1 aliphatic rings. The highest BCUT2D eigenvalue weighted by Crippen LogP contribution is 2.39. The molecule has 208 valence electrons. The summed E-state index contributed by atoms with van der Waals surface area (Å²) in [7, 11) is -2.68. The number of methoxy groups -OCH3 is 1. The second kappa shape index (κ2) is 11.7. The van der Waals surface area contributed by atoms with E-state index in [0.29, 0.717) is 28.7 Å². The highest BCUT2D eigenvalue weighted by molar-refractivity contribution is 7.89. The second-order valence-electron chi connectivity index (χ2n) is 9.33. The van der Waals surface area contributed by atoms with Crippen molar-refractivity contribution < 1.29 is 26.6 Å². The molecule has 1 aliphatic carbocycles. The van der Waals surface area contributed by atoms with Gasteiger partial charge in [0.2, 0.25) is 15.9 Å². The maximum Gasteiger partial charge on any atom is 0.243 e. The molecule has 40 heavy (non-hydrogen) atoms. The minimum absolute atomic E-state index is 0.0934. The Kier molecular flexibility index (Phi) is 8.06. The Bertz CT molecular complexity index is 1660. The van der Waals surface area contributed by atoms with Gasteiger partial charge in [-0.1, -0.05) is 24.3 Å². The lowest BCUT2D eigenvalue weighted by Crippen LogP contribution is -2.25.